The molecule has 1 rings (SSSR count). The maximum Gasteiger partial charge on any atom is 0.319 e. The van der Waals surface area contributed by atoms with Crippen molar-refractivity contribution >= 4 is 29.5 Å². The fraction of sp³-hybridized carbons (Fsp3) is 0.474. The van der Waals surface area contributed by atoms with Crippen LogP contribution in [-0.4, -0.2) is 57.7 Å². The van der Waals surface area contributed by atoms with E-state index in [0.29, 0.717) is 43.0 Å². The number of isocyanates is 1. The number of ether oxygens (including phenoxy) is 2. The Morgan fingerprint density at radius 1 is 1.07 bits per heavy atom. The first-order chi connectivity index (χ1) is 13.9. The molecular weight excluding hydrogens is 380 g/mol. The van der Waals surface area contributed by atoms with Gasteiger partial charge in [0.2, 0.25) is 11.9 Å². The summed E-state index contributed by atoms with van der Waals surface area (Å²) >= 11 is 0. The number of carbonyl (C=O) groups is 3. The fourth-order valence-corrected chi connectivity index (χ4v) is 2.49. The van der Waals surface area contributed by atoms with Crippen LogP contribution in [0.2, 0.25) is 0 Å². The second kappa shape index (κ2) is 12.9. The van der Waals surface area contributed by atoms with Crippen molar-refractivity contribution in [3.63, 3.8) is 0 Å². The first kappa shape index (κ1) is 23.6. The van der Waals surface area contributed by atoms with E-state index >= 15 is 0 Å². The van der Waals surface area contributed by atoms with Gasteiger partial charge in [-0.1, -0.05) is 12.8 Å². The van der Waals surface area contributed by atoms with Crippen molar-refractivity contribution in [1.82, 2.24) is 10.6 Å². The number of ketones is 1. The summed E-state index contributed by atoms with van der Waals surface area (Å²) in [5, 5.41) is 7.63. The Balaban J connectivity index is 2.35. The van der Waals surface area contributed by atoms with Crippen LogP contribution in [0.15, 0.2) is 23.2 Å². The molecule has 29 heavy (non-hydrogen) atoms. The summed E-state index contributed by atoms with van der Waals surface area (Å²) in [5.41, 5.74) is 0.529. The van der Waals surface area contributed by atoms with Crippen LogP contribution in [0, 0.1) is 0 Å². The minimum absolute atomic E-state index is 0.261. The smallest absolute Gasteiger partial charge is 0.319 e. The van der Waals surface area contributed by atoms with E-state index < -0.39 is 17.7 Å². The molecule has 3 N–H and O–H groups in total. The van der Waals surface area contributed by atoms with Gasteiger partial charge in [-0.05, 0) is 12.8 Å². The highest BCUT2D eigenvalue weighted by Crippen LogP contribution is 2.25. The fourth-order valence-electron chi connectivity index (χ4n) is 2.49. The van der Waals surface area contributed by atoms with Gasteiger partial charge in [-0.15, -0.1) is 0 Å². The number of hydrogen-bond donors (Lipinski definition) is 3. The molecule has 158 valence electrons. The number of rotatable bonds is 12. The van der Waals surface area contributed by atoms with Gasteiger partial charge in [0, 0.05) is 37.5 Å². The molecule has 0 aromatic heterocycles. The van der Waals surface area contributed by atoms with Crippen molar-refractivity contribution < 1.29 is 28.7 Å². The number of urea groups is 1. The summed E-state index contributed by atoms with van der Waals surface area (Å²) in [4.78, 5) is 48.9. The minimum atomic E-state index is -1.02. The summed E-state index contributed by atoms with van der Waals surface area (Å²) in [7, 11) is 4.37. The Morgan fingerprint density at radius 2 is 1.72 bits per heavy atom. The number of nitrogens with one attached hydrogen (secondary N) is 3. The molecule has 10 heteroatoms. The Bertz CT molecular complexity index is 739. The average molecular weight is 406 g/mol. The number of nitrogens with zero attached hydrogens (tertiary/aromatic N) is 1. The molecule has 10 nitrogen and oxygen atoms in total. The summed E-state index contributed by atoms with van der Waals surface area (Å²) in [5.74, 6) is -0.444. The number of anilines is 1. The molecule has 1 aromatic carbocycles. The van der Waals surface area contributed by atoms with Crippen molar-refractivity contribution in [2.24, 2.45) is 4.99 Å². The average Bonchev–Trinajstić information content (AvgIpc) is 2.73. The largest absolute Gasteiger partial charge is 0.497 e. The number of hydrogen-bond acceptors (Lipinski definition) is 7. The Morgan fingerprint density at radius 3 is 2.28 bits per heavy atom. The molecule has 0 aliphatic carbocycles. The van der Waals surface area contributed by atoms with Crippen molar-refractivity contribution in [3.8, 4) is 11.5 Å². The van der Waals surface area contributed by atoms with Crippen LogP contribution in [0.5, 0.6) is 11.5 Å². The summed E-state index contributed by atoms with van der Waals surface area (Å²) < 4.78 is 10.3. The SMILES string of the molecule is CNC(=O)C(=O)C(CCCCCNC(=O)Nc1cc(OC)cc(OC)c1)N=C=O. The van der Waals surface area contributed by atoms with Crippen LogP contribution in [0.25, 0.3) is 0 Å². The van der Waals surface area contributed by atoms with Gasteiger partial charge in [0.1, 0.15) is 17.5 Å². The Labute approximate surface area is 169 Å². The second-order valence-corrected chi connectivity index (χ2v) is 6.01. The van der Waals surface area contributed by atoms with Crippen LogP contribution < -0.4 is 25.4 Å². The van der Waals surface area contributed by atoms with E-state index in [0.717, 1.165) is 0 Å². The topological polar surface area (TPSA) is 135 Å². The molecule has 0 fully saturated rings. The molecule has 1 atom stereocenters. The summed E-state index contributed by atoms with van der Waals surface area (Å²) in [6, 6.07) is 3.63. The van der Waals surface area contributed by atoms with E-state index in [1.54, 1.807) is 18.2 Å². The third-order valence-electron chi connectivity index (χ3n) is 4.01. The molecular formula is C19H26N4O6. The third kappa shape index (κ3) is 8.44. The van der Waals surface area contributed by atoms with E-state index in [2.05, 4.69) is 20.9 Å². The van der Waals surface area contributed by atoms with Crippen molar-refractivity contribution in [1.29, 1.82) is 0 Å². The second-order valence-electron chi connectivity index (χ2n) is 6.01. The number of carbonyl (C=O) groups excluding carboxylic acids is 4. The van der Waals surface area contributed by atoms with E-state index in [1.807, 2.05) is 0 Å². The van der Waals surface area contributed by atoms with Crippen molar-refractivity contribution in [3.05, 3.63) is 18.2 Å². The summed E-state index contributed by atoms with van der Waals surface area (Å²) in [6.45, 7) is 0.415. The molecule has 3 amide bonds. The van der Waals surface area contributed by atoms with Gasteiger partial charge in [-0.3, -0.25) is 9.59 Å². The standard InChI is InChI=1S/C19H26N4O6/c1-20-18(26)17(25)16(22-12-24)7-5-4-6-8-21-19(27)23-13-9-14(28-2)11-15(10-13)29-3/h9-11,16H,4-8H2,1-3H3,(H,20,26)(H2,21,23,27). The molecule has 0 saturated heterocycles. The van der Waals surface area contributed by atoms with Gasteiger partial charge in [-0.2, -0.15) is 4.99 Å². The van der Waals surface area contributed by atoms with Gasteiger partial charge in [-0.25, -0.2) is 9.59 Å². The highest BCUT2D eigenvalue weighted by Gasteiger charge is 2.23. The van der Waals surface area contributed by atoms with E-state index in [-0.39, 0.29) is 12.5 Å². The zero-order valence-corrected chi connectivity index (χ0v) is 16.7. The molecule has 0 radical (unpaired) electrons. The molecule has 0 heterocycles. The van der Waals surface area contributed by atoms with Gasteiger partial charge < -0.3 is 25.4 Å². The van der Waals surface area contributed by atoms with Crippen molar-refractivity contribution in [2.75, 3.05) is 33.1 Å². The third-order valence-corrected chi connectivity index (χ3v) is 4.01. The minimum Gasteiger partial charge on any atom is -0.497 e. The molecule has 1 aromatic rings. The van der Waals surface area contributed by atoms with Crippen LogP contribution in [0.3, 0.4) is 0 Å². The van der Waals surface area contributed by atoms with Gasteiger partial charge >= 0.3 is 6.03 Å². The molecule has 0 aliphatic heterocycles. The number of Topliss-reactive ketones (excluding diaryl/α,β-unsaturated/α-hetero) is 1. The number of aliphatic imine (C=N–C) groups is 1. The van der Waals surface area contributed by atoms with Crippen molar-refractivity contribution in [2.45, 2.75) is 31.7 Å². The maximum absolute atomic E-state index is 12.0. The number of benzene rings is 1. The van der Waals surface area contributed by atoms with Crippen LogP contribution in [0.4, 0.5) is 10.5 Å². The molecule has 0 bridgehead atoms. The van der Waals surface area contributed by atoms with Gasteiger partial charge in [0.15, 0.2) is 0 Å². The van der Waals surface area contributed by atoms with E-state index in [1.165, 1.54) is 27.3 Å². The Hall–Kier alpha value is -3.39. The normalized spacial score (nSPS) is 10.9. The lowest BCUT2D eigenvalue weighted by molar-refractivity contribution is -0.138. The molecule has 0 saturated carbocycles. The highest BCUT2D eigenvalue weighted by molar-refractivity contribution is 6.38. The lowest BCUT2D eigenvalue weighted by Gasteiger charge is -2.11. The lowest BCUT2D eigenvalue weighted by Crippen LogP contribution is -2.35. The highest BCUT2D eigenvalue weighted by atomic mass is 16.5. The summed E-state index contributed by atoms with van der Waals surface area (Å²) in [6.07, 6.45) is 3.48. The van der Waals surface area contributed by atoms with E-state index in [4.69, 9.17) is 9.47 Å². The Kier molecular flexibility index (Phi) is 10.5. The molecule has 0 spiro atoms. The maximum atomic E-state index is 12.0. The zero-order valence-electron chi connectivity index (χ0n) is 16.7. The zero-order chi connectivity index (χ0) is 21.6. The molecule has 1 unspecified atom stereocenters. The predicted octanol–water partition coefficient (Wildman–Crippen LogP) is 1.41. The van der Waals surface area contributed by atoms with Gasteiger partial charge in [0.25, 0.3) is 5.91 Å². The number of amides is 3. The number of unbranched alkanes of at least 4 members (excludes halogenated alkanes) is 2. The quantitative estimate of drug-likeness (QED) is 0.208. The monoisotopic (exact) mass is 406 g/mol. The van der Waals surface area contributed by atoms with E-state index in [9.17, 15) is 19.2 Å². The first-order valence-electron chi connectivity index (χ1n) is 9.06. The van der Waals surface area contributed by atoms with Crippen LogP contribution in [-0.2, 0) is 14.4 Å². The molecule has 0 aliphatic rings. The predicted molar refractivity (Wildman–Crippen MR) is 106 cm³/mol. The lowest BCUT2D eigenvalue weighted by atomic mass is 10.0. The number of likely N-dealkylation sites (N-methyl/N-ethyl adjacent to an activating group) is 1. The van der Waals surface area contributed by atoms with Gasteiger partial charge in [0.05, 0.1) is 14.2 Å². The first-order valence-corrected chi connectivity index (χ1v) is 9.06. The number of methoxy groups -OCH3 is 2. The van der Waals surface area contributed by atoms with Crippen LogP contribution in [0.1, 0.15) is 25.7 Å². The van der Waals surface area contributed by atoms with Crippen LogP contribution >= 0.6 is 0 Å².